The van der Waals surface area contributed by atoms with Crippen LogP contribution in [0.2, 0.25) is 0 Å². The van der Waals surface area contributed by atoms with E-state index in [9.17, 15) is 4.79 Å². The van der Waals surface area contributed by atoms with Crippen molar-refractivity contribution in [3.05, 3.63) is 34.7 Å². The zero-order chi connectivity index (χ0) is 15.0. The molecule has 1 amide bonds. The van der Waals surface area contributed by atoms with Gasteiger partial charge in [-0.05, 0) is 25.5 Å². The van der Waals surface area contributed by atoms with Crippen LogP contribution in [0.5, 0.6) is 0 Å². The number of carbonyl (C=O) groups is 1. The van der Waals surface area contributed by atoms with Gasteiger partial charge in [-0.3, -0.25) is 4.79 Å². The van der Waals surface area contributed by atoms with Crippen LogP contribution < -0.4 is 5.73 Å². The second kappa shape index (κ2) is 5.73. The summed E-state index contributed by atoms with van der Waals surface area (Å²) in [6.45, 7) is 5.41. The lowest BCUT2D eigenvalue weighted by Crippen LogP contribution is -2.31. The Labute approximate surface area is 133 Å². The molecule has 0 saturated heterocycles. The molecule has 110 valence electrons. The summed E-state index contributed by atoms with van der Waals surface area (Å²) in [4.78, 5) is 17.1. The molecule has 0 atom stereocenters. The summed E-state index contributed by atoms with van der Waals surface area (Å²) in [5, 5.41) is 0.647. The van der Waals surface area contributed by atoms with Gasteiger partial charge >= 0.3 is 0 Å². The van der Waals surface area contributed by atoms with Gasteiger partial charge in [0.15, 0.2) is 0 Å². The Balaban J connectivity index is 2.17. The SMILES string of the molecule is CCN(CC)C(=O)c1c(N)sc2c1-c1ccccc1SC2. The molecule has 21 heavy (non-hydrogen) atoms. The molecule has 0 aliphatic carbocycles. The molecule has 0 saturated carbocycles. The molecular formula is C16H18N2OS2. The van der Waals surface area contributed by atoms with Gasteiger partial charge in [-0.25, -0.2) is 0 Å². The van der Waals surface area contributed by atoms with Crippen molar-refractivity contribution in [1.82, 2.24) is 4.90 Å². The summed E-state index contributed by atoms with van der Waals surface area (Å²) in [6, 6.07) is 8.26. The van der Waals surface area contributed by atoms with Crippen molar-refractivity contribution in [1.29, 1.82) is 0 Å². The topological polar surface area (TPSA) is 46.3 Å². The first-order chi connectivity index (χ1) is 10.2. The number of carbonyl (C=O) groups excluding carboxylic acids is 1. The summed E-state index contributed by atoms with van der Waals surface area (Å²) in [5.74, 6) is 0.948. The van der Waals surface area contributed by atoms with Crippen molar-refractivity contribution < 1.29 is 4.79 Å². The van der Waals surface area contributed by atoms with Gasteiger partial charge in [-0.2, -0.15) is 0 Å². The molecule has 1 aliphatic heterocycles. The zero-order valence-electron chi connectivity index (χ0n) is 12.2. The van der Waals surface area contributed by atoms with Crippen molar-refractivity contribution in [2.75, 3.05) is 18.8 Å². The van der Waals surface area contributed by atoms with Gasteiger partial charge in [-0.15, -0.1) is 23.1 Å². The molecule has 2 aromatic rings. The molecule has 0 fully saturated rings. The maximum atomic E-state index is 12.8. The Morgan fingerprint density at radius 2 is 2.00 bits per heavy atom. The Bertz CT molecular complexity index is 690. The fourth-order valence-corrected chi connectivity index (χ4v) is 4.92. The maximum absolute atomic E-state index is 12.8. The smallest absolute Gasteiger partial charge is 0.257 e. The van der Waals surface area contributed by atoms with Crippen LogP contribution in [0.3, 0.4) is 0 Å². The summed E-state index contributed by atoms with van der Waals surface area (Å²) in [6.07, 6.45) is 0. The lowest BCUT2D eigenvalue weighted by molar-refractivity contribution is 0.0775. The lowest BCUT2D eigenvalue weighted by Gasteiger charge is -2.21. The van der Waals surface area contributed by atoms with Crippen molar-refractivity contribution in [3.63, 3.8) is 0 Å². The van der Waals surface area contributed by atoms with E-state index >= 15 is 0 Å². The summed E-state index contributed by atoms with van der Waals surface area (Å²) >= 11 is 3.37. The highest BCUT2D eigenvalue weighted by Crippen LogP contribution is 2.48. The summed E-state index contributed by atoms with van der Waals surface area (Å²) in [7, 11) is 0. The van der Waals surface area contributed by atoms with E-state index in [2.05, 4.69) is 12.1 Å². The van der Waals surface area contributed by atoms with Crippen LogP contribution in [0.25, 0.3) is 11.1 Å². The first-order valence-electron chi connectivity index (χ1n) is 7.10. The third-order valence-corrected chi connectivity index (χ3v) is 6.09. The molecule has 2 heterocycles. The Kier molecular flexibility index (Phi) is 3.95. The first-order valence-corrected chi connectivity index (χ1v) is 8.90. The largest absolute Gasteiger partial charge is 0.390 e. The molecule has 0 spiro atoms. The van der Waals surface area contributed by atoms with Crippen molar-refractivity contribution in [3.8, 4) is 11.1 Å². The molecule has 0 radical (unpaired) electrons. The number of amides is 1. The highest BCUT2D eigenvalue weighted by atomic mass is 32.2. The number of hydrogen-bond donors (Lipinski definition) is 1. The first kappa shape index (κ1) is 14.5. The minimum atomic E-state index is 0.0525. The molecule has 3 rings (SSSR count). The number of anilines is 1. The number of rotatable bonds is 3. The van der Waals surface area contributed by atoms with E-state index in [1.54, 1.807) is 11.3 Å². The molecule has 1 aliphatic rings. The number of hydrogen-bond acceptors (Lipinski definition) is 4. The van der Waals surface area contributed by atoms with Crippen molar-refractivity contribution in [2.24, 2.45) is 0 Å². The quantitative estimate of drug-likeness (QED) is 0.927. The standard InChI is InChI=1S/C16H18N2OS2/c1-3-18(4-2)16(19)14-13-10-7-5-6-8-11(10)20-9-12(13)21-15(14)17/h5-8H,3-4,9,17H2,1-2H3. The fraction of sp³-hybridized carbons (Fsp3) is 0.312. The Morgan fingerprint density at radius 1 is 1.29 bits per heavy atom. The van der Waals surface area contributed by atoms with Crippen LogP contribution in [0.1, 0.15) is 29.1 Å². The van der Waals surface area contributed by atoms with E-state index in [0.717, 1.165) is 16.9 Å². The van der Waals surface area contributed by atoms with Gasteiger partial charge in [0.05, 0.1) is 10.6 Å². The van der Waals surface area contributed by atoms with E-state index in [-0.39, 0.29) is 5.91 Å². The molecule has 0 bridgehead atoms. The van der Waals surface area contributed by atoms with Gasteiger partial charge in [0, 0.05) is 34.2 Å². The van der Waals surface area contributed by atoms with Crippen LogP contribution in [0.4, 0.5) is 5.00 Å². The maximum Gasteiger partial charge on any atom is 0.257 e. The third kappa shape index (κ3) is 2.34. The number of nitrogen functional groups attached to an aromatic ring is 1. The molecule has 3 nitrogen and oxygen atoms in total. The predicted molar refractivity (Wildman–Crippen MR) is 91.0 cm³/mol. The van der Waals surface area contributed by atoms with Crippen molar-refractivity contribution in [2.45, 2.75) is 24.5 Å². The number of fused-ring (bicyclic) bond motifs is 3. The number of benzene rings is 1. The molecule has 1 aromatic heterocycles. The highest BCUT2D eigenvalue weighted by molar-refractivity contribution is 7.98. The van der Waals surface area contributed by atoms with E-state index in [1.807, 2.05) is 42.6 Å². The van der Waals surface area contributed by atoms with E-state index < -0.39 is 0 Å². The summed E-state index contributed by atoms with van der Waals surface area (Å²) < 4.78 is 0. The van der Waals surface area contributed by atoms with Gasteiger partial charge in [0.2, 0.25) is 0 Å². The van der Waals surface area contributed by atoms with Crippen LogP contribution in [-0.2, 0) is 5.75 Å². The highest BCUT2D eigenvalue weighted by Gasteiger charge is 2.29. The normalized spacial score (nSPS) is 12.7. The van der Waals surface area contributed by atoms with Gasteiger partial charge in [-0.1, -0.05) is 18.2 Å². The molecule has 1 aromatic carbocycles. The number of nitrogens with two attached hydrogens (primary N) is 1. The molecule has 0 unspecified atom stereocenters. The van der Waals surface area contributed by atoms with E-state index in [4.69, 9.17) is 5.73 Å². The molecule has 2 N–H and O–H groups in total. The summed E-state index contributed by atoms with van der Waals surface area (Å²) in [5.41, 5.74) is 9.09. The van der Waals surface area contributed by atoms with Crippen LogP contribution >= 0.6 is 23.1 Å². The van der Waals surface area contributed by atoms with Crippen LogP contribution in [0, 0.1) is 0 Å². The molecule has 5 heteroatoms. The monoisotopic (exact) mass is 318 g/mol. The predicted octanol–water partition coefficient (Wildman–Crippen LogP) is 4.09. The number of nitrogens with zero attached hydrogens (tertiary/aromatic N) is 1. The number of thioether (sulfide) groups is 1. The minimum absolute atomic E-state index is 0.0525. The average Bonchev–Trinajstić information content (AvgIpc) is 2.84. The fourth-order valence-electron chi connectivity index (χ4n) is 2.71. The Hall–Kier alpha value is -1.46. The number of thiophene rings is 1. The second-order valence-corrected chi connectivity index (χ2v) is 7.06. The third-order valence-electron chi connectivity index (χ3n) is 3.79. The second-order valence-electron chi connectivity index (χ2n) is 4.90. The van der Waals surface area contributed by atoms with Crippen LogP contribution in [0.15, 0.2) is 29.2 Å². The zero-order valence-corrected chi connectivity index (χ0v) is 13.8. The van der Waals surface area contributed by atoms with Gasteiger partial charge < -0.3 is 10.6 Å². The van der Waals surface area contributed by atoms with Gasteiger partial charge in [0.25, 0.3) is 5.91 Å². The molecular weight excluding hydrogens is 300 g/mol. The minimum Gasteiger partial charge on any atom is -0.390 e. The van der Waals surface area contributed by atoms with Crippen LogP contribution in [-0.4, -0.2) is 23.9 Å². The van der Waals surface area contributed by atoms with Gasteiger partial charge in [0.1, 0.15) is 0 Å². The average molecular weight is 318 g/mol. The van der Waals surface area contributed by atoms with Crippen molar-refractivity contribution >= 4 is 34.0 Å². The van der Waals surface area contributed by atoms with E-state index in [0.29, 0.717) is 23.7 Å². The lowest BCUT2D eigenvalue weighted by atomic mass is 10.00. The Morgan fingerprint density at radius 3 is 2.71 bits per heavy atom. The van der Waals surface area contributed by atoms with E-state index in [1.165, 1.54) is 9.77 Å².